The van der Waals surface area contributed by atoms with E-state index >= 15 is 0 Å². The first-order valence-corrected chi connectivity index (χ1v) is 6.86. The van der Waals surface area contributed by atoms with Crippen molar-refractivity contribution in [2.75, 3.05) is 26.2 Å². The van der Waals surface area contributed by atoms with Gasteiger partial charge in [-0.05, 0) is 50.1 Å². The smallest absolute Gasteiger partial charge is 0.122 e. The van der Waals surface area contributed by atoms with Crippen LogP contribution in [-0.4, -0.2) is 37.2 Å². The number of likely N-dealkylation sites (tertiary alicyclic amines) is 1. The van der Waals surface area contributed by atoms with Crippen LogP contribution in [-0.2, 0) is 6.42 Å². The molecule has 0 radical (unpaired) electrons. The van der Waals surface area contributed by atoms with E-state index in [1.807, 2.05) is 19.1 Å². The number of hydrogen-bond acceptors (Lipinski definition) is 4. The molecule has 1 aliphatic rings. The molecule has 19 heavy (non-hydrogen) atoms. The molecule has 4 nitrogen and oxygen atoms in total. The quantitative estimate of drug-likeness (QED) is 0.871. The second-order valence-corrected chi connectivity index (χ2v) is 4.97. The summed E-state index contributed by atoms with van der Waals surface area (Å²) in [4.78, 5) is 2.37. The number of nitrogens with zero attached hydrogens (tertiary/aromatic N) is 2. The van der Waals surface area contributed by atoms with Gasteiger partial charge in [-0.3, -0.25) is 0 Å². The summed E-state index contributed by atoms with van der Waals surface area (Å²) in [5, 5.41) is 8.98. The van der Waals surface area contributed by atoms with Crippen molar-refractivity contribution in [1.29, 1.82) is 5.26 Å². The maximum absolute atomic E-state index is 8.98. The molecule has 0 aromatic heterocycles. The summed E-state index contributed by atoms with van der Waals surface area (Å²) in [6, 6.07) is 8.13. The fourth-order valence-corrected chi connectivity index (χ4v) is 2.48. The summed E-state index contributed by atoms with van der Waals surface area (Å²) in [5.74, 6) is 0.894. The number of rotatable bonds is 5. The first kappa shape index (κ1) is 13.9. The van der Waals surface area contributed by atoms with Gasteiger partial charge in [-0.1, -0.05) is 0 Å². The number of benzene rings is 1. The Hall–Kier alpha value is -1.57. The first-order chi connectivity index (χ1) is 9.22. The minimum Gasteiger partial charge on any atom is -0.494 e. The normalized spacial score (nSPS) is 19.3. The maximum atomic E-state index is 8.98. The van der Waals surface area contributed by atoms with Crippen molar-refractivity contribution >= 4 is 0 Å². The SMILES string of the molecule is CCOc1ccc(C#N)cc1CCN1CC[C@H](N)C1. The second kappa shape index (κ2) is 6.55. The average molecular weight is 259 g/mol. The van der Waals surface area contributed by atoms with Crippen LogP contribution in [0.3, 0.4) is 0 Å². The summed E-state index contributed by atoms with van der Waals surface area (Å²) in [6.07, 6.45) is 1.98. The molecule has 0 amide bonds. The molecule has 1 heterocycles. The molecular formula is C15H21N3O. The highest BCUT2D eigenvalue weighted by atomic mass is 16.5. The minimum atomic E-state index is 0.316. The van der Waals surface area contributed by atoms with Gasteiger partial charge in [0, 0.05) is 19.1 Å². The van der Waals surface area contributed by atoms with Gasteiger partial charge >= 0.3 is 0 Å². The summed E-state index contributed by atoms with van der Waals surface area (Å²) in [5.41, 5.74) is 7.71. The van der Waals surface area contributed by atoms with Gasteiger partial charge in [0.1, 0.15) is 5.75 Å². The number of ether oxygens (including phenoxy) is 1. The molecule has 1 atom stereocenters. The summed E-state index contributed by atoms with van der Waals surface area (Å²) in [7, 11) is 0. The van der Waals surface area contributed by atoms with E-state index < -0.39 is 0 Å². The largest absolute Gasteiger partial charge is 0.494 e. The van der Waals surface area contributed by atoms with Crippen LogP contribution < -0.4 is 10.5 Å². The lowest BCUT2D eigenvalue weighted by atomic mass is 10.1. The van der Waals surface area contributed by atoms with Crippen LogP contribution in [0.2, 0.25) is 0 Å². The predicted octanol–water partition coefficient (Wildman–Crippen LogP) is 1.53. The van der Waals surface area contributed by atoms with Gasteiger partial charge < -0.3 is 15.4 Å². The Labute approximate surface area is 114 Å². The summed E-state index contributed by atoms with van der Waals surface area (Å²) >= 11 is 0. The predicted molar refractivity (Wildman–Crippen MR) is 75.1 cm³/mol. The average Bonchev–Trinajstić information content (AvgIpc) is 2.83. The van der Waals surface area contributed by atoms with Crippen molar-refractivity contribution in [2.24, 2.45) is 5.73 Å². The molecular weight excluding hydrogens is 238 g/mol. The topological polar surface area (TPSA) is 62.3 Å². The molecule has 0 aliphatic carbocycles. The van der Waals surface area contributed by atoms with E-state index in [4.69, 9.17) is 15.7 Å². The van der Waals surface area contributed by atoms with Crippen molar-refractivity contribution < 1.29 is 4.74 Å². The van der Waals surface area contributed by atoms with Gasteiger partial charge in [-0.2, -0.15) is 5.26 Å². The molecule has 102 valence electrons. The van der Waals surface area contributed by atoms with Crippen LogP contribution in [0.4, 0.5) is 0 Å². The Morgan fingerprint density at radius 3 is 3.00 bits per heavy atom. The summed E-state index contributed by atoms with van der Waals surface area (Å²) in [6.45, 7) is 5.64. The van der Waals surface area contributed by atoms with Crippen LogP contribution in [0.15, 0.2) is 18.2 Å². The molecule has 2 N–H and O–H groups in total. The molecule has 1 aliphatic heterocycles. The zero-order valence-electron chi connectivity index (χ0n) is 11.4. The van der Waals surface area contributed by atoms with Gasteiger partial charge in [0.05, 0.1) is 18.2 Å². The molecule has 4 heteroatoms. The molecule has 1 fully saturated rings. The van der Waals surface area contributed by atoms with Crippen molar-refractivity contribution in [3.8, 4) is 11.8 Å². The third kappa shape index (κ3) is 3.69. The number of nitriles is 1. The zero-order chi connectivity index (χ0) is 13.7. The van der Waals surface area contributed by atoms with Gasteiger partial charge in [-0.25, -0.2) is 0 Å². The van der Waals surface area contributed by atoms with Crippen LogP contribution in [0, 0.1) is 11.3 Å². The van der Waals surface area contributed by atoms with Gasteiger partial charge in [0.25, 0.3) is 0 Å². The van der Waals surface area contributed by atoms with E-state index in [0.717, 1.165) is 43.8 Å². The van der Waals surface area contributed by atoms with Crippen molar-refractivity contribution in [1.82, 2.24) is 4.90 Å². The zero-order valence-corrected chi connectivity index (χ0v) is 11.4. The van der Waals surface area contributed by atoms with Crippen LogP contribution in [0.1, 0.15) is 24.5 Å². The van der Waals surface area contributed by atoms with Crippen molar-refractivity contribution in [2.45, 2.75) is 25.8 Å². The van der Waals surface area contributed by atoms with Crippen molar-refractivity contribution in [3.05, 3.63) is 29.3 Å². The van der Waals surface area contributed by atoms with Crippen LogP contribution in [0.5, 0.6) is 5.75 Å². The Morgan fingerprint density at radius 1 is 1.53 bits per heavy atom. The Bertz CT molecular complexity index is 467. The lowest BCUT2D eigenvalue weighted by molar-refractivity contribution is 0.322. The van der Waals surface area contributed by atoms with E-state index in [2.05, 4.69) is 11.0 Å². The number of hydrogen-bond donors (Lipinski definition) is 1. The fourth-order valence-electron chi connectivity index (χ4n) is 2.48. The lowest BCUT2D eigenvalue weighted by Crippen LogP contribution is -2.28. The standard InChI is InChI=1S/C15H21N3O/c1-2-19-15-4-3-12(10-16)9-13(15)5-7-18-8-6-14(17)11-18/h3-4,9,14H,2,5-8,11,17H2,1H3/t14-/m0/s1. The highest BCUT2D eigenvalue weighted by Crippen LogP contribution is 2.21. The van der Waals surface area contributed by atoms with Crippen molar-refractivity contribution in [3.63, 3.8) is 0 Å². The molecule has 1 aromatic carbocycles. The van der Waals surface area contributed by atoms with Crippen LogP contribution in [0.25, 0.3) is 0 Å². The lowest BCUT2D eigenvalue weighted by Gasteiger charge is -2.16. The molecule has 0 saturated carbocycles. The number of nitrogens with two attached hydrogens (primary N) is 1. The van der Waals surface area contributed by atoms with Crippen LogP contribution >= 0.6 is 0 Å². The van der Waals surface area contributed by atoms with Gasteiger partial charge in [0.2, 0.25) is 0 Å². The summed E-state index contributed by atoms with van der Waals surface area (Å²) < 4.78 is 5.62. The second-order valence-electron chi connectivity index (χ2n) is 4.97. The Morgan fingerprint density at radius 2 is 2.37 bits per heavy atom. The van der Waals surface area contributed by atoms with E-state index in [9.17, 15) is 0 Å². The molecule has 1 aromatic rings. The Kier molecular flexibility index (Phi) is 4.78. The van der Waals surface area contributed by atoms with E-state index in [-0.39, 0.29) is 0 Å². The monoisotopic (exact) mass is 259 g/mol. The molecule has 0 spiro atoms. The van der Waals surface area contributed by atoms with Gasteiger partial charge in [-0.15, -0.1) is 0 Å². The highest BCUT2D eigenvalue weighted by molar-refractivity contribution is 5.42. The molecule has 0 bridgehead atoms. The third-order valence-electron chi connectivity index (χ3n) is 3.50. The maximum Gasteiger partial charge on any atom is 0.122 e. The fraction of sp³-hybridized carbons (Fsp3) is 0.533. The van der Waals surface area contributed by atoms with E-state index in [1.165, 1.54) is 0 Å². The first-order valence-electron chi connectivity index (χ1n) is 6.86. The third-order valence-corrected chi connectivity index (χ3v) is 3.50. The minimum absolute atomic E-state index is 0.316. The molecule has 1 saturated heterocycles. The highest BCUT2D eigenvalue weighted by Gasteiger charge is 2.18. The molecule has 0 unspecified atom stereocenters. The van der Waals surface area contributed by atoms with E-state index in [1.54, 1.807) is 6.07 Å². The molecule has 2 rings (SSSR count). The van der Waals surface area contributed by atoms with E-state index in [0.29, 0.717) is 18.2 Å². The van der Waals surface area contributed by atoms with Gasteiger partial charge in [0.15, 0.2) is 0 Å². The Balaban J connectivity index is 2.02.